The van der Waals surface area contributed by atoms with Gasteiger partial charge in [-0.05, 0) is 108 Å². The van der Waals surface area contributed by atoms with E-state index in [9.17, 15) is 19.2 Å². The molecule has 1 saturated carbocycles. The average Bonchev–Trinajstić information content (AvgIpc) is 3.68. The van der Waals surface area contributed by atoms with Crippen LogP contribution in [0.15, 0.2) is 18.2 Å². The number of nitrogens with zero attached hydrogens (tertiary/aromatic N) is 3. The van der Waals surface area contributed by atoms with Gasteiger partial charge in [0.15, 0.2) is 0 Å². The van der Waals surface area contributed by atoms with Crippen LogP contribution in [0.1, 0.15) is 89.2 Å². The molecule has 1 atom stereocenters. The highest BCUT2D eigenvalue weighted by molar-refractivity contribution is 6.15. The zero-order chi connectivity index (χ0) is 28.2. The Morgan fingerprint density at radius 3 is 2.33 bits per heavy atom. The Hall–Kier alpha value is -2.94. The smallest absolute Gasteiger partial charge is 0.410 e. The Labute approximate surface area is 236 Å². The van der Waals surface area contributed by atoms with Gasteiger partial charge in [-0.25, -0.2) is 4.79 Å². The van der Waals surface area contributed by atoms with E-state index in [1.807, 2.05) is 31.7 Å². The second-order valence-electron chi connectivity index (χ2n) is 13.5. The fourth-order valence-electron chi connectivity index (χ4n) is 7.14. The summed E-state index contributed by atoms with van der Waals surface area (Å²) >= 11 is 0. The van der Waals surface area contributed by atoms with E-state index in [1.54, 1.807) is 4.90 Å². The van der Waals surface area contributed by atoms with Gasteiger partial charge in [-0.2, -0.15) is 0 Å². The molecule has 4 aliphatic heterocycles. The van der Waals surface area contributed by atoms with Crippen LogP contribution in [-0.2, 0) is 24.5 Å². The second-order valence-corrected chi connectivity index (χ2v) is 13.5. The standard InChI is InChI=1S/C31H42N4O5/c1-30(2,3)40-29(39)34-16-8-20(9-17-34)19-33-14-10-21(11-15-33)22-4-5-24-23(18-22)31(12-13-31)28(38)35(24)25-6-7-26(36)32-27(25)37/h4-5,18,20-21,25H,6-17,19H2,1-3H3,(H,32,36,37). The van der Waals surface area contributed by atoms with Gasteiger partial charge < -0.3 is 14.5 Å². The van der Waals surface area contributed by atoms with E-state index in [-0.39, 0.29) is 30.2 Å². The molecule has 1 aromatic carbocycles. The average molecular weight is 551 g/mol. The van der Waals surface area contributed by atoms with Crippen molar-refractivity contribution < 1.29 is 23.9 Å². The first-order valence-electron chi connectivity index (χ1n) is 15.1. The Balaban J connectivity index is 1.05. The molecule has 9 heteroatoms. The summed E-state index contributed by atoms with van der Waals surface area (Å²) < 4.78 is 5.54. The number of benzene rings is 1. The van der Waals surface area contributed by atoms with E-state index in [1.165, 1.54) is 5.56 Å². The molecule has 1 aliphatic carbocycles. The number of likely N-dealkylation sites (tertiary alicyclic amines) is 2. The summed E-state index contributed by atoms with van der Waals surface area (Å²) in [7, 11) is 0. The van der Waals surface area contributed by atoms with Crippen molar-refractivity contribution in [2.45, 2.75) is 95.1 Å². The van der Waals surface area contributed by atoms with Gasteiger partial charge in [0.25, 0.3) is 0 Å². The third-order valence-electron chi connectivity index (χ3n) is 9.54. The van der Waals surface area contributed by atoms with Gasteiger partial charge in [0, 0.05) is 31.7 Å². The number of anilines is 1. The third kappa shape index (κ3) is 5.13. The van der Waals surface area contributed by atoms with Crippen LogP contribution >= 0.6 is 0 Å². The number of amides is 4. The summed E-state index contributed by atoms with van der Waals surface area (Å²) in [5.41, 5.74) is 2.31. The minimum Gasteiger partial charge on any atom is -0.444 e. The van der Waals surface area contributed by atoms with Gasteiger partial charge in [0.05, 0.1) is 5.41 Å². The Morgan fingerprint density at radius 1 is 1.00 bits per heavy atom. The molecule has 9 nitrogen and oxygen atoms in total. The van der Waals surface area contributed by atoms with Crippen LogP contribution in [0.25, 0.3) is 0 Å². The highest BCUT2D eigenvalue weighted by Crippen LogP contribution is 2.58. The Morgan fingerprint density at radius 2 is 1.70 bits per heavy atom. The zero-order valence-electron chi connectivity index (χ0n) is 24.0. The number of ether oxygens (including phenoxy) is 1. The largest absolute Gasteiger partial charge is 0.444 e. The van der Waals surface area contributed by atoms with Crippen molar-refractivity contribution in [2.75, 3.05) is 37.6 Å². The van der Waals surface area contributed by atoms with E-state index < -0.39 is 17.1 Å². The number of carbonyl (C=O) groups is 4. The molecule has 1 spiro atoms. The molecule has 40 heavy (non-hydrogen) atoms. The van der Waals surface area contributed by atoms with Crippen molar-refractivity contribution in [3.8, 4) is 0 Å². The van der Waals surface area contributed by atoms with Crippen molar-refractivity contribution in [1.82, 2.24) is 15.1 Å². The molecule has 3 saturated heterocycles. The lowest BCUT2D eigenvalue weighted by Gasteiger charge is -2.38. The normalized spacial score (nSPS) is 25.8. The molecule has 5 aliphatic rings. The molecule has 216 valence electrons. The fourth-order valence-corrected chi connectivity index (χ4v) is 7.14. The number of piperidine rings is 3. The Kier molecular flexibility index (Phi) is 6.92. The van der Waals surface area contributed by atoms with E-state index in [4.69, 9.17) is 4.74 Å². The molecule has 4 amide bonds. The van der Waals surface area contributed by atoms with Crippen LogP contribution in [-0.4, -0.2) is 78.0 Å². The van der Waals surface area contributed by atoms with Gasteiger partial charge in [0.2, 0.25) is 17.7 Å². The minimum absolute atomic E-state index is 0.0293. The molecule has 0 aromatic heterocycles. The molecule has 0 radical (unpaired) electrons. The second kappa shape index (κ2) is 10.2. The van der Waals surface area contributed by atoms with Gasteiger partial charge in [-0.3, -0.25) is 24.6 Å². The number of imide groups is 1. The lowest BCUT2D eigenvalue weighted by Crippen LogP contribution is -2.54. The number of fused-ring (bicyclic) bond motifs is 2. The molecule has 4 fully saturated rings. The Bertz CT molecular complexity index is 1200. The summed E-state index contributed by atoms with van der Waals surface area (Å²) in [5.74, 6) is 0.476. The van der Waals surface area contributed by atoms with Crippen LogP contribution in [0.4, 0.5) is 10.5 Å². The van der Waals surface area contributed by atoms with Crippen molar-refractivity contribution >= 4 is 29.5 Å². The van der Waals surface area contributed by atoms with Gasteiger partial charge in [-0.1, -0.05) is 12.1 Å². The fraction of sp³-hybridized carbons (Fsp3) is 0.677. The van der Waals surface area contributed by atoms with Crippen molar-refractivity contribution in [3.05, 3.63) is 29.3 Å². The van der Waals surface area contributed by atoms with E-state index in [0.717, 1.165) is 82.5 Å². The summed E-state index contributed by atoms with van der Waals surface area (Å²) in [6.45, 7) is 10.4. The van der Waals surface area contributed by atoms with Crippen LogP contribution in [0.5, 0.6) is 0 Å². The lowest BCUT2D eigenvalue weighted by atomic mass is 9.85. The molecule has 4 heterocycles. The van der Waals surface area contributed by atoms with E-state index >= 15 is 0 Å². The van der Waals surface area contributed by atoms with Crippen LogP contribution in [0.3, 0.4) is 0 Å². The van der Waals surface area contributed by atoms with Gasteiger partial charge >= 0.3 is 6.09 Å². The maximum atomic E-state index is 13.5. The number of rotatable bonds is 4. The third-order valence-corrected chi connectivity index (χ3v) is 9.54. The number of nitrogens with one attached hydrogen (secondary N) is 1. The SMILES string of the molecule is CC(C)(C)OC(=O)N1CCC(CN2CCC(c3ccc4c(c3)C3(CC3)C(=O)N4C3CCC(=O)NC3=O)CC2)CC1. The van der Waals surface area contributed by atoms with Crippen molar-refractivity contribution in [3.63, 3.8) is 0 Å². The van der Waals surface area contributed by atoms with Crippen LogP contribution < -0.4 is 10.2 Å². The molecule has 1 aromatic rings. The first-order chi connectivity index (χ1) is 19.0. The maximum Gasteiger partial charge on any atom is 0.410 e. The van der Waals surface area contributed by atoms with Crippen molar-refractivity contribution in [2.24, 2.45) is 5.92 Å². The van der Waals surface area contributed by atoms with E-state index in [2.05, 4.69) is 22.3 Å². The molecule has 1 unspecified atom stereocenters. The molecular formula is C31H42N4O5. The minimum atomic E-state index is -0.603. The highest BCUT2D eigenvalue weighted by atomic mass is 16.6. The van der Waals surface area contributed by atoms with E-state index in [0.29, 0.717) is 18.3 Å². The predicted molar refractivity (Wildman–Crippen MR) is 150 cm³/mol. The van der Waals surface area contributed by atoms with Gasteiger partial charge in [0.1, 0.15) is 11.6 Å². The van der Waals surface area contributed by atoms with Crippen LogP contribution in [0, 0.1) is 5.92 Å². The monoisotopic (exact) mass is 550 g/mol. The first-order valence-corrected chi connectivity index (χ1v) is 15.1. The summed E-state index contributed by atoms with van der Waals surface area (Å²) in [4.78, 5) is 56.3. The highest BCUT2D eigenvalue weighted by Gasteiger charge is 2.61. The lowest BCUT2D eigenvalue weighted by molar-refractivity contribution is -0.135. The summed E-state index contributed by atoms with van der Waals surface area (Å²) in [6.07, 6.45) is 6.33. The van der Waals surface area contributed by atoms with Crippen LogP contribution in [0.2, 0.25) is 0 Å². The molecule has 1 N–H and O–H groups in total. The molecule has 6 rings (SSSR count). The topological polar surface area (TPSA) is 99.3 Å². The molecule has 0 bridgehead atoms. The zero-order valence-corrected chi connectivity index (χ0v) is 24.0. The van der Waals surface area contributed by atoms with Gasteiger partial charge in [-0.15, -0.1) is 0 Å². The predicted octanol–water partition coefficient (Wildman–Crippen LogP) is 3.70. The summed E-state index contributed by atoms with van der Waals surface area (Å²) in [5, 5.41) is 2.42. The quantitative estimate of drug-likeness (QED) is 0.574. The number of carbonyl (C=O) groups excluding carboxylic acids is 4. The molecular weight excluding hydrogens is 508 g/mol. The summed E-state index contributed by atoms with van der Waals surface area (Å²) in [6, 6.07) is 5.84. The number of hydrogen-bond donors (Lipinski definition) is 1. The maximum absolute atomic E-state index is 13.5. The first kappa shape index (κ1) is 27.2. The van der Waals surface area contributed by atoms with Crippen molar-refractivity contribution in [1.29, 1.82) is 0 Å². The number of hydrogen-bond acceptors (Lipinski definition) is 6.